The van der Waals surface area contributed by atoms with Crippen molar-refractivity contribution in [3.63, 3.8) is 0 Å². The van der Waals surface area contributed by atoms with E-state index in [-0.39, 0.29) is 31.4 Å². The lowest BCUT2D eigenvalue weighted by Gasteiger charge is -2.25. The molecule has 30 heavy (non-hydrogen) atoms. The number of rotatable bonds is 8. The molecule has 0 fully saturated rings. The second-order valence-electron chi connectivity index (χ2n) is 7.09. The molecule has 0 unspecified atom stereocenters. The van der Waals surface area contributed by atoms with Gasteiger partial charge in [-0.25, -0.2) is 4.98 Å². The van der Waals surface area contributed by atoms with E-state index in [4.69, 9.17) is 8.83 Å². The summed E-state index contributed by atoms with van der Waals surface area (Å²) < 4.78 is 49.4. The van der Waals surface area contributed by atoms with Gasteiger partial charge in [-0.15, -0.1) is 0 Å². The van der Waals surface area contributed by atoms with E-state index in [0.29, 0.717) is 17.2 Å². The molecule has 1 amide bonds. The zero-order valence-electron chi connectivity index (χ0n) is 16.6. The molecule has 0 saturated carbocycles. The first-order valence-electron chi connectivity index (χ1n) is 9.37. The van der Waals surface area contributed by atoms with Crippen LogP contribution in [0.4, 0.5) is 13.2 Å². The molecule has 9 heteroatoms. The van der Waals surface area contributed by atoms with Gasteiger partial charge < -0.3 is 14.2 Å². The van der Waals surface area contributed by atoms with Gasteiger partial charge in [-0.2, -0.15) is 13.2 Å². The Hall–Kier alpha value is -3.07. The monoisotopic (exact) mass is 421 g/mol. The zero-order chi connectivity index (χ0) is 21.7. The summed E-state index contributed by atoms with van der Waals surface area (Å²) in [4.78, 5) is 18.3. The third-order valence-corrected chi connectivity index (χ3v) is 4.50. The van der Waals surface area contributed by atoms with E-state index < -0.39 is 17.6 Å². The van der Waals surface area contributed by atoms with Gasteiger partial charge >= 0.3 is 6.18 Å². The second-order valence-corrected chi connectivity index (χ2v) is 7.09. The maximum atomic E-state index is 13.0. The highest BCUT2D eigenvalue weighted by molar-refractivity contribution is 5.91. The summed E-state index contributed by atoms with van der Waals surface area (Å²) in [6.07, 6.45) is -1.62. The average molecular weight is 421 g/mol. The number of nitrogens with zero attached hydrogens (tertiary/aromatic N) is 2. The molecule has 1 N–H and O–H groups in total. The number of furan rings is 1. The van der Waals surface area contributed by atoms with Crippen molar-refractivity contribution in [2.45, 2.75) is 45.7 Å². The highest BCUT2D eigenvalue weighted by Gasteiger charge is 2.30. The van der Waals surface area contributed by atoms with Crippen LogP contribution in [0, 0.1) is 0 Å². The van der Waals surface area contributed by atoms with Crippen molar-refractivity contribution >= 4 is 5.91 Å². The number of aromatic nitrogens is 1. The van der Waals surface area contributed by atoms with Crippen molar-refractivity contribution < 1.29 is 26.8 Å². The summed E-state index contributed by atoms with van der Waals surface area (Å²) in [5.41, 5.74) is -0.0313. The number of benzene rings is 1. The maximum Gasteiger partial charge on any atom is 0.416 e. The molecule has 160 valence electrons. The van der Waals surface area contributed by atoms with Crippen LogP contribution in [0.15, 0.2) is 57.8 Å². The molecule has 0 aliphatic heterocycles. The Labute approximate surface area is 171 Å². The number of halogens is 3. The predicted octanol–water partition coefficient (Wildman–Crippen LogP) is 4.63. The average Bonchev–Trinajstić information content (AvgIpc) is 3.37. The molecule has 2 heterocycles. The molecule has 3 aromatic rings. The molecule has 6 nitrogen and oxygen atoms in total. The van der Waals surface area contributed by atoms with E-state index in [9.17, 15) is 18.0 Å². The van der Waals surface area contributed by atoms with Gasteiger partial charge in [0.15, 0.2) is 5.69 Å². The fourth-order valence-corrected chi connectivity index (χ4v) is 2.83. The van der Waals surface area contributed by atoms with Crippen LogP contribution in [0.3, 0.4) is 0 Å². The number of carbonyl (C=O) groups excluding carboxylic acids is 1. The topological polar surface area (TPSA) is 71.5 Å². The molecule has 0 saturated heterocycles. The Morgan fingerprint density at radius 2 is 1.97 bits per heavy atom. The van der Waals surface area contributed by atoms with Gasteiger partial charge in [-0.1, -0.05) is 18.2 Å². The van der Waals surface area contributed by atoms with Crippen LogP contribution >= 0.6 is 0 Å². The molecule has 3 rings (SSSR count). The van der Waals surface area contributed by atoms with Crippen molar-refractivity contribution in [1.29, 1.82) is 0 Å². The van der Waals surface area contributed by atoms with Gasteiger partial charge in [0.05, 0.1) is 24.9 Å². The number of oxazole rings is 1. The molecular weight excluding hydrogens is 399 g/mol. The Morgan fingerprint density at radius 1 is 1.17 bits per heavy atom. The lowest BCUT2D eigenvalue weighted by atomic mass is 10.1. The fourth-order valence-electron chi connectivity index (χ4n) is 2.83. The predicted molar refractivity (Wildman–Crippen MR) is 102 cm³/mol. The van der Waals surface area contributed by atoms with Crippen LogP contribution in [0.25, 0.3) is 0 Å². The Kier molecular flexibility index (Phi) is 6.61. The number of hydrogen-bond donors (Lipinski definition) is 1. The van der Waals surface area contributed by atoms with Crippen molar-refractivity contribution in [3.8, 4) is 0 Å². The molecule has 0 bridgehead atoms. The minimum atomic E-state index is -4.39. The number of alkyl halides is 3. The SMILES string of the molecule is CC(C)N(Cc1cccc(C(F)(F)F)c1)Cc1nc(C(=O)NCc2ccco2)co1. The molecule has 0 radical (unpaired) electrons. The first-order valence-corrected chi connectivity index (χ1v) is 9.37. The van der Waals surface area contributed by atoms with Crippen molar-refractivity contribution in [3.05, 3.63) is 77.4 Å². The molecule has 0 atom stereocenters. The van der Waals surface area contributed by atoms with Crippen LogP contribution in [0.2, 0.25) is 0 Å². The summed E-state index contributed by atoms with van der Waals surface area (Å²) in [7, 11) is 0. The Balaban J connectivity index is 1.64. The molecular formula is C21H22F3N3O3. The zero-order valence-corrected chi connectivity index (χ0v) is 16.6. The third kappa shape index (κ3) is 5.73. The van der Waals surface area contributed by atoms with Gasteiger partial charge in [0, 0.05) is 12.6 Å². The molecule has 2 aromatic heterocycles. The van der Waals surface area contributed by atoms with Crippen LogP contribution < -0.4 is 5.32 Å². The first kappa shape index (κ1) is 21.6. The normalized spacial score (nSPS) is 12.0. The number of amides is 1. The summed E-state index contributed by atoms with van der Waals surface area (Å²) in [5, 5.41) is 2.68. The first-order chi connectivity index (χ1) is 14.2. The van der Waals surface area contributed by atoms with Crippen molar-refractivity contribution in [2.75, 3.05) is 0 Å². The van der Waals surface area contributed by atoms with Gasteiger partial charge in [-0.3, -0.25) is 9.69 Å². The standard InChI is InChI=1S/C21H22F3N3O3/c1-14(2)27(11-15-5-3-6-16(9-15)21(22,23)24)12-19-26-18(13-30-19)20(28)25-10-17-7-4-8-29-17/h3-9,13-14H,10-12H2,1-2H3,(H,25,28). The molecule has 1 aromatic carbocycles. The summed E-state index contributed by atoms with van der Waals surface area (Å²) in [6.45, 7) is 4.60. The van der Waals surface area contributed by atoms with Crippen LogP contribution in [0.5, 0.6) is 0 Å². The minimum absolute atomic E-state index is 0.0164. The van der Waals surface area contributed by atoms with E-state index in [0.717, 1.165) is 12.1 Å². The number of carbonyl (C=O) groups is 1. The maximum absolute atomic E-state index is 13.0. The third-order valence-electron chi connectivity index (χ3n) is 4.50. The Morgan fingerprint density at radius 3 is 2.63 bits per heavy atom. The van der Waals surface area contributed by atoms with Crippen LogP contribution in [-0.4, -0.2) is 21.8 Å². The van der Waals surface area contributed by atoms with E-state index in [1.165, 1.54) is 18.6 Å². The van der Waals surface area contributed by atoms with Crippen LogP contribution in [-0.2, 0) is 25.8 Å². The molecule has 0 spiro atoms. The van der Waals surface area contributed by atoms with E-state index >= 15 is 0 Å². The smallest absolute Gasteiger partial charge is 0.416 e. The van der Waals surface area contributed by atoms with Gasteiger partial charge in [0.1, 0.15) is 12.0 Å². The van der Waals surface area contributed by atoms with Crippen molar-refractivity contribution in [2.24, 2.45) is 0 Å². The van der Waals surface area contributed by atoms with Crippen molar-refractivity contribution in [1.82, 2.24) is 15.2 Å². The van der Waals surface area contributed by atoms with Crippen LogP contribution in [0.1, 0.15) is 47.1 Å². The summed E-state index contributed by atoms with van der Waals surface area (Å²) >= 11 is 0. The summed E-state index contributed by atoms with van der Waals surface area (Å²) in [6, 6.07) is 8.70. The van der Waals surface area contributed by atoms with E-state index in [2.05, 4.69) is 10.3 Å². The lowest BCUT2D eigenvalue weighted by molar-refractivity contribution is -0.137. The Bertz CT molecular complexity index is 965. The van der Waals surface area contributed by atoms with E-state index in [1.54, 1.807) is 18.2 Å². The number of hydrogen-bond acceptors (Lipinski definition) is 5. The molecule has 0 aliphatic carbocycles. The van der Waals surface area contributed by atoms with Gasteiger partial charge in [0.25, 0.3) is 5.91 Å². The van der Waals surface area contributed by atoms with E-state index in [1.807, 2.05) is 18.7 Å². The highest BCUT2D eigenvalue weighted by atomic mass is 19.4. The highest BCUT2D eigenvalue weighted by Crippen LogP contribution is 2.30. The lowest BCUT2D eigenvalue weighted by Crippen LogP contribution is -2.30. The largest absolute Gasteiger partial charge is 0.467 e. The minimum Gasteiger partial charge on any atom is -0.467 e. The quantitative estimate of drug-likeness (QED) is 0.574. The van der Waals surface area contributed by atoms with Gasteiger partial charge in [-0.05, 0) is 37.6 Å². The second kappa shape index (κ2) is 9.17. The number of nitrogens with one attached hydrogen (secondary N) is 1. The fraction of sp³-hybridized carbons (Fsp3) is 0.333. The molecule has 0 aliphatic rings. The van der Waals surface area contributed by atoms with Gasteiger partial charge in [0.2, 0.25) is 5.89 Å². The summed E-state index contributed by atoms with van der Waals surface area (Å²) in [5.74, 6) is 0.508.